The van der Waals surface area contributed by atoms with E-state index in [1.165, 1.54) is 43.2 Å². The molecule has 2 fully saturated rings. The van der Waals surface area contributed by atoms with Gasteiger partial charge in [-0.2, -0.15) is 0 Å². The number of rotatable bonds is 7. The lowest BCUT2D eigenvalue weighted by molar-refractivity contribution is -0.122. The summed E-state index contributed by atoms with van der Waals surface area (Å²) in [4.78, 5) is 38.1. The molecule has 1 heterocycles. The molecule has 0 spiro atoms. The Morgan fingerprint density at radius 2 is 2.06 bits per heavy atom. The zero-order chi connectivity index (χ0) is 23.0. The van der Waals surface area contributed by atoms with E-state index in [0.717, 1.165) is 18.4 Å². The molecular formula is C24H29FN2O5. The molecule has 4 rings (SSSR count). The van der Waals surface area contributed by atoms with Crippen molar-refractivity contribution in [2.45, 2.75) is 52.1 Å². The number of fused-ring (bicyclic) bond motifs is 3. The van der Waals surface area contributed by atoms with Crippen LogP contribution in [0.4, 0.5) is 4.39 Å². The Bertz CT molecular complexity index is 1110. The van der Waals surface area contributed by atoms with Crippen molar-refractivity contribution in [2.24, 2.45) is 17.8 Å². The molecule has 1 N–H and O–H groups in total. The maximum absolute atomic E-state index is 14.4. The number of hydrogen-bond donors (Lipinski definition) is 1. The molecule has 4 atom stereocenters. The molecule has 1 amide bonds. The molecule has 0 unspecified atom stereocenters. The summed E-state index contributed by atoms with van der Waals surface area (Å²) in [6, 6.07) is 2.43. The van der Waals surface area contributed by atoms with Gasteiger partial charge in [0.1, 0.15) is 12.1 Å². The SMILES string of the molecule is CCOC(=O)c1cn(CC(=O)N[C@H](C)[C@H]2C[C@H]3CC[C@H]2C3)c2cc(F)c(OC)cc2c1=O. The lowest BCUT2D eigenvalue weighted by atomic mass is 9.84. The maximum atomic E-state index is 14.4. The number of carbonyl (C=O) groups is 2. The van der Waals surface area contributed by atoms with Crippen LogP contribution in [0.3, 0.4) is 0 Å². The van der Waals surface area contributed by atoms with Crippen LogP contribution < -0.4 is 15.5 Å². The Morgan fingerprint density at radius 3 is 2.69 bits per heavy atom. The standard InChI is InChI=1S/C24H29FN2O5/c1-4-32-24(30)18-11-27(20-10-19(25)21(31-3)9-17(20)23(18)29)12-22(28)26-13(2)16-8-14-5-6-15(16)7-14/h9-11,13-16H,4-8,12H2,1-3H3,(H,26,28)/t13-,14+,15+,16-/m1/s1. The Labute approximate surface area is 185 Å². The molecule has 1 aromatic heterocycles. The molecule has 0 radical (unpaired) electrons. The number of carbonyl (C=O) groups excluding carboxylic acids is 2. The molecule has 1 aromatic carbocycles. The van der Waals surface area contributed by atoms with Crippen molar-refractivity contribution in [1.29, 1.82) is 0 Å². The van der Waals surface area contributed by atoms with Gasteiger partial charge in [-0.3, -0.25) is 9.59 Å². The summed E-state index contributed by atoms with van der Waals surface area (Å²) in [5.74, 6) is 0.103. The topological polar surface area (TPSA) is 86.6 Å². The van der Waals surface area contributed by atoms with Crippen LogP contribution in [0.5, 0.6) is 5.75 Å². The predicted octanol–water partition coefficient (Wildman–Crippen LogP) is 3.27. The van der Waals surface area contributed by atoms with Crippen LogP contribution >= 0.6 is 0 Å². The normalized spacial score (nSPS) is 22.7. The van der Waals surface area contributed by atoms with E-state index in [-0.39, 0.29) is 47.3 Å². The van der Waals surface area contributed by atoms with Crippen molar-refractivity contribution in [2.75, 3.05) is 13.7 Å². The van der Waals surface area contributed by atoms with Crippen LogP contribution in [0.25, 0.3) is 10.9 Å². The van der Waals surface area contributed by atoms with Crippen LogP contribution in [0.2, 0.25) is 0 Å². The number of nitrogens with one attached hydrogen (secondary N) is 1. The summed E-state index contributed by atoms with van der Waals surface area (Å²) in [5, 5.41) is 3.16. The third kappa shape index (κ3) is 4.10. The molecular weight excluding hydrogens is 415 g/mol. The highest BCUT2D eigenvalue weighted by atomic mass is 19.1. The Hall–Kier alpha value is -2.90. The van der Waals surface area contributed by atoms with Crippen LogP contribution in [-0.4, -0.2) is 36.2 Å². The number of benzene rings is 1. The van der Waals surface area contributed by atoms with Gasteiger partial charge >= 0.3 is 5.97 Å². The second-order valence-electron chi connectivity index (χ2n) is 8.92. The summed E-state index contributed by atoms with van der Waals surface area (Å²) >= 11 is 0. The molecule has 0 aliphatic heterocycles. The smallest absolute Gasteiger partial charge is 0.343 e. The van der Waals surface area contributed by atoms with E-state index in [4.69, 9.17) is 9.47 Å². The molecule has 172 valence electrons. The van der Waals surface area contributed by atoms with Gasteiger partial charge in [0.2, 0.25) is 11.3 Å². The third-order valence-corrected chi connectivity index (χ3v) is 6.99. The minimum atomic E-state index is -0.785. The van der Waals surface area contributed by atoms with Crippen molar-refractivity contribution in [3.63, 3.8) is 0 Å². The summed E-state index contributed by atoms with van der Waals surface area (Å²) in [6.45, 7) is 3.62. The quantitative estimate of drug-likeness (QED) is 0.663. The number of aromatic nitrogens is 1. The second-order valence-corrected chi connectivity index (χ2v) is 8.92. The first-order valence-corrected chi connectivity index (χ1v) is 11.2. The fourth-order valence-electron chi connectivity index (χ4n) is 5.50. The molecule has 2 saturated carbocycles. The van der Waals surface area contributed by atoms with Crippen LogP contribution in [0.1, 0.15) is 49.9 Å². The molecule has 2 bridgehead atoms. The van der Waals surface area contributed by atoms with Crippen molar-refractivity contribution in [1.82, 2.24) is 9.88 Å². The number of hydrogen-bond acceptors (Lipinski definition) is 5. The number of ether oxygens (including phenoxy) is 2. The highest BCUT2D eigenvalue weighted by Crippen LogP contribution is 2.49. The van der Waals surface area contributed by atoms with Gasteiger partial charge in [0.05, 0.1) is 24.6 Å². The Balaban J connectivity index is 1.64. The summed E-state index contributed by atoms with van der Waals surface area (Å²) < 4.78 is 25.8. The van der Waals surface area contributed by atoms with E-state index >= 15 is 0 Å². The van der Waals surface area contributed by atoms with Gasteiger partial charge in [-0.15, -0.1) is 0 Å². The molecule has 2 aliphatic carbocycles. The van der Waals surface area contributed by atoms with E-state index in [0.29, 0.717) is 11.8 Å². The van der Waals surface area contributed by atoms with E-state index in [9.17, 15) is 18.8 Å². The molecule has 32 heavy (non-hydrogen) atoms. The minimum Gasteiger partial charge on any atom is -0.494 e. The van der Waals surface area contributed by atoms with Crippen molar-refractivity contribution in [3.05, 3.63) is 39.9 Å². The van der Waals surface area contributed by atoms with Crippen LogP contribution in [0.15, 0.2) is 23.1 Å². The molecule has 2 aromatic rings. The van der Waals surface area contributed by atoms with Gasteiger partial charge in [0, 0.05) is 18.3 Å². The number of methoxy groups -OCH3 is 1. The van der Waals surface area contributed by atoms with Gasteiger partial charge < -0.3 is 19.4 Å². The van der Waals surface area contributed by atoms with E-state index in [2.05, 4.69) is 5.32 Å². The monoisotopic (exact) mass is 444 g/mol. The molecule has 0 saturated heterocycles. The summed E-state index contributed by atoms with van der Waals surface area (Å²) in [5.41, 5.74) is -0.588. The number of halogens is 1. The zero-order valence-corrected chi connectivity index (χ0v) is 18.7. The number of nitrogens with zero attached hydrogens (tertiary/aromatic N) is 1. The van der Waals surface area contributed by atoms with E-state index in [1.54, 1.807) is 6.92 Å². The Kier molecular flexibility index (Phi) is 6.22. The largest absolute Gasteiger partial charge is 0.494 e. The molecule has 8 heteroatoms. The number of pyridine rings is 1. The highest BCUT2D eigenvalue weighted by molar-refractivity contribution is 5.94. The lowest BCUT2D eigenvalue weighted by Gasteiger charge is -2.28. The fraction of sp³-hybridized carbons (Fsp3) is 0.542. The molecule has 7 nitrogen and oxygen atoms in total. The van der Waals surface area contributed by atoms with Gasteiger partial charge in [0.15, 0.2) is 11.6 Å². The highest BCUT2D eigenvalue weighted by Gasteiger charge is 2.42. The van der Waals surface area contributed by atoms with Gasteiger partial charge in [0.25, 0.3) is 0 Å². The van der Waals surface area contributed by atoms with Crippen LogP contribution in [0, 0.1) is 23.6 Å². The molecule has 2 aliphatic rings. The number of esters is 1. The maximum Gasteiger partial charge on any atom is 0.343 e. The van der Waals surface area contributed by atoms with Gasteiger partial charge in [-0.25, -0.2) is 9.18 Å². The van der Waals surface area contributed by atoms with Crippen LogP contribution in [-0.2, 0) is 16.1 Å². The summed E-state index contributed by atoms with van der Waals surface area (Å²) in [6.07, 6.45) is 6.18. The van der Waals surface area contributed by atoms with Gasteiger partial charge in [-0.1, -0.05) is 6.42 Å². The van der Waals surface area contributed by atoms with E-state index < -0.39 is 17.2 Å². The van der Waals surface area contributed by atoms with E-state index in [1.807, 2.05) is 6.92 Å². The van der Waals surface area contributed by atoms with Crippen molar-refractivity contribution < 1.29 is 23.5 Å². The fourth-order valence-corrected chi connectivity index (χ4v) is 5.50. The minimum absolute atomic E-state index is 0.0322. The summed E-state index contributed by atoms with van der Waals surface area (Å²) in [7, 11) is 1.29. The third-order valence-electron chi connectivity index (χ3n) is 6.99. The van der Waals surface area contributed by atoms with Crippen molar-refractivity contribution >= 4 is 22.8 Å². The first kappa shape index (κ1) is 22.3. The zero-order valence-electron chi connectivity index (χ0n) is 18.7. The van der Waals surface area contributed by atoms with Gasteiger partial charge in [-0.05, 0) is 56.9 Å². The number of amides is 1. The predicted molar refractivity (Wildman–Crippen MR) is 117 cm³/mol. The first-order valence-electron chi connectivity index (χ1n) is 11.2. The lowest BCUT2D eigenvalue weighted by Crippen LogP contribution is -2.41. The van der Waals surface area contributed by atoms with Crippen molar-refractivity contribution in [3.8, 4) is 5.75 Å². The second kappa shape index (κ2) is 8.92. The average molecular weight is 445 g/mol. The first-order chi connectivity index (χ1) is 15.3. The Morgan fingerprint density at radius 1 is 1.28 bits per heavy atom. The average Bonchev–Trinajstić information content (AvgIpc) is 3.39.